The fraction of sp³-hybridized carbons (Fsp3) is 1.00. The summed E-state index contributed by atoms with van der Waals surface area (Å²) < 4.78 is 0. The van der Waals surface area contributed by atoms with E-state index in [-0.39, 0.29) is 5.41 Å². The zero-order valence-corrected chi connectivity index (χ0v) is 7.40. The maximum Gasteiger partial charge on any atom is 0.141 e. The number of nitrogens with one attached hydrogen (secondary N) is 1. The van der Waals surface area contributed by atoms with Gasteiger partial charge in [-0.15, -0.1) is 0 Å². The second-order valence-corrected chi connectivity index (χ2v) is 3.54. The molecule has 0 aliphatic rings. The van der Waals surface area contributed by atoms with Crippen LogP contribution in [0.4, 0.5) is 0 Å². The molecule has 0 aromatic rings. The lowest BCUT2D eigenvalue weighted by molar-refractivity contribution is 0.0646. The van der Waals surface area contributed by atoms with E-state index in [0.29, 0.717) is 0 Å². The van der Waals surface area contributed by atoms with Crippen LogP contribution in [0.2, 0.25) is 0 Å². The van der Waals surface area contributed by atoms with Gasteiger partial charge in [-0.05, 0) is 18.8 Å². The Morgan fingerprint density at radius 3 is 2.30 bits per heavy atom. The molecule has 0 aliphatic carbocycles. The molecule has 2 heteroatoms. The molecule has 1 N–H and O–H groups in total. The van der Waals surface area contributed by atoms with Gasteiger partial charge in [-0.3, -0.25) is 5.32 Å². The predicted octanol–water partition coefficient (Wildman–Crippen LogP) is 1.79. The normalized spacial score (nSPS) is 15.3. The van der Waals surface area contributed by atoms with Crippen LogP contribution in [-0.2, 0) is 5.11 Å². The Morgan fingerprint density at radius 2 is 2.00 bits per heavy atom. The van der Waals surface area contributed by atoms with Gasteiger partial charge in [0.15, 0.2) is 0 Å². The first kappa shape index (κ1) is 9.92. The van der Waals surface area contributed by atoms with Gasteiger partial charge in [-0.1, -0.05) is 20.8 Å². The summed E-state index contributed by atoms with van der Waals surface area (Å²) in [6.07, 6.45) is 0.470. The zero-order chi connectivity index (χ0) is 8.20. The summed E-state index contributed by atoms with van der Waals surface area (Å²) >= 11 is 0. The van der Waals surface area contributed by atoms with Crippen LogP contribution in [0.3, 0.4) is 0 Å². The van der Waals surface area contributed by atoms with Crippen molar-refractivity contribution >= 4 is 0 Å². The maximum atomic E-state index is 10.6. The SMILES string of the molecule is CCC(C)(C)CNC(C)[O]. The lowest BCUT2D eigenvalue weighted by atomic mass is 9.90. The summed E-state index contributed by atoms with van der Waals surface area (Å²) in [6, 6.07) is 0. The molecule has 0 saturated carbocycles. The van der Waals surface area contributed by atoms with Crippen LogP contribution in [0.15, 0.2) is 0 Å². The van der Waals surface area contributed by atoms with Crippen molar-refractivity contribution in [3.8, 4) is 0 Å². The third kappa shape index (κ3) is 4.77. The van der Waals surface area contributed by atoms with E-state index >= 15 is 0 Å². The first-order valence-corrected chi connectivity index (χ1v) is 3.87. The maximum absolute atomic E-state index is 10.6. The summed E-state index contributed by atoms with van der Waals surface area (Å²) in [6.45, 7) is 8.89. The Labute approximate surface area is 63.6 Å². The second-order valence-electron chi connectivity index (χ2n) is 3.54. The van der Waals surface area contributed by atoms with E-state index in [4.69, 9.17) is 0 Å². The molecule has 0 rings (SSSR count). The summed E-state index contributed by atoms with van der Waals surface area (Å²) in [5.41, 5.74) is 0.263. The lowest BCUT2D eigenvalue weighted by Gasteiger charge is -2.23. The Bertz CT molecular complexity index is 89.3. The highest BCUT2D eigenvalue weighted by atomic mass is 16.3. The molecule has 0 aliphatic heterocycles. The predicted molar refractivity (Wildman–Crippen MR) is 42.2 cm³/mol. The van der Waals surface area contributed by atoms with Crippen molar-refractivity contribution < 1.29 is 5.11 Å². The largest absolute Gasteiger partial charge is 0.289 e. The molecule has 0 saturated heterocycles. The van der Waals surface area contributed by atoms with Crippen LogP contribution in [-0.4, -0.2) is 12.8 Å². The Morgan fingerprint density at radius 1 is 1.50 bits per heavy atom. The summed E-state index contributed by atoms with van der Waals surface area (Å²) in [7, 11) is 0. The molecule has 1 radical (unpaired) electrons. The first-order chi connectivity index (χ1) is 4.48. The zero-order valence-electron chi connectivity index (χ0n) is 7.40. The highest BCUT2D eigenvalue weighted by Gasteiger charge is 2.14. The minimum atomic E-state index is -0.633. The highest BCUT2D eigenvalue weighted by Crippen LogP contribution is 2.17. The van der Waals surface area contributed by atoms with Gasteiger partial charge in [-0.2, -0.15) is 0 Å². The van der Waals surface area contributed by atoms with Crippen LogP contribution < -0.4 is 5.32 Å². The van der Waals surface area contributed by atoms with E-state index < -0.39 is 6.23 Å². The van der Waals surface area contributed by atoms with Crippen molar-refractivity contribution in [3.05, 3.63) is 0 Å². The molecule has 1 unspecified atom stereocenters. The van der Waals surface area contributed by atoms with Gasteiger partial charge in [0, 0.05) is 6.54 Å². The molecule has 0 spiro atoms. The molecule has 1 atom stereocenters. The van der Waals surface area contributed by atoms with Crippen LogP contribution in [0.5, 0.6) is 0 Å². The van der Waals surface area contributed by atoms with Crippen molar-refractivity contribution in [1.29, 1.82) is 0 Å². The van der Waals surface area contributed by atoms with Crippen LogP contribution in [0.1, 0.15) is 34.1 Å². The molecule has 61 valence electrons. The average Bonchev–Trinajstić information content (AvgIpc) is 1.85. The minimum absolute atomic E-state index is 0.263. The van der Waals surface area contributed by atoms with E-state index in [1.807, 2.05) is 0 Å². The van der Waals surface area contributed by atoms with Crippen molar-refractivity contribution in [2.24, 2.45) is 5.41 Å². The monoisotopic (exact) mass is 144 g/mol. The Kier molecular flexibility index (Phi) is 3.91. The molecule has 0 aromatic carbocycles. The van der Waals surface area contributed by atoms with Crippen LogP contribution >= 0.6 is 0 Å². The quantitative estimate of drug-likeness (QED) is 0.599. The third-order valence-corrected chi connectivity index (χ3v) is 1.83. The van der Waals surface area contributed by atoms with Crippen LogP contribution in [0.25, 0.3) is 0 Å². The molecule has 2 nitrogen and oxygen atoms in total. The third-order valence-electron chi connectivity index (χ3n) is 1.83. The number of hydrogen-bond donors (Lipinski definition) is 1. The van der Waals surface area contributed by atoms with E-state index in [1.165, 1.54) is 0 Å². The van der Waals surface area contributed by atoms with Crippen molar-refractivity contribution in [3.63, 3.8) is 0 Å². The van der Waals surface area contributed by atoms with Gasteiger partial charge >= 0.3 is 0 Å². The fourth-order valence-corrected chi connectivity index (χ4v) is 0.545. The van der Waals surface area contributed by atoms with Gasteiger partial charge in [0.1, 0.15) is 6.23 Å². The molecular formula is C8H18NO. The number of rotatable bonds is 4. The number of hydrogen-bond acceptors (Lipinski definition) is 1. The van der Waals surface area contributed by atoms with Gasteiger partial charge in [0.25, 0.3) is 0 Å². The van der Waals surface area contributed by atoms with E-state index in [1.54, 1.807) is 6.92 Å². The van der Waals surface area contributed by atoms with Crippen LogP contribution in [0, 0.1) is 5.41 Å². The lowest BCUT2D eigenvalue weighted by Crippen LogP contribution is -2.34. The highest BCUT2D eigenvalue weighted by molar-refractivity contribution is 4.68. The van der Waals surface area contributed by atoms with Gasteiger partial charge in [-0.25, -0.2) is 5.11 Å². The summed E-state index contributed by atoms with van der Waals surface area (Å²) in [5.74, 6) is 0. The van der Waals surface area contributed by atoms with E-state index in [2.05, 4.69) is 26.1 Å². The molecule has 0 fully saturated rings. The first-order valence-electron chi connectivity index (χ1n) is 3.87. The topological polar surface area (TPSA) is 31.9 Å². The van der Waals surface area contributed by atoms with Crippen molar-refractivity contribution in [2.45, 2.75) is 40.3 Å². The fourth-order valence-electron chi connectivity index (χ4n) is 0.545. The smallest absolute Gasteiger partial charge is 0.141 e. The standard InChI is InChI=1S/C8H18NO/c1-5-8(3,4)6-9-7(2)10/h7,9H,5-6H2,1-4H3. The molecule has 10 heavy (non-hydrogen) atoms. The second kappa shape index (κ2) is 3.94. The van der Waals surface area contributed by atoms with Crippen molar-refractivity contribution in [2.75, 3.05) is 6.54 Å². The molecule has 0 heterocycles. The summed E-state index contributed by atoms with van der Waals surface area (Å²) in [4.78, 5) is 0. The van der Waals surface area contributed by atoms with E-state index in [0.717, 1.165) is 13.0 Å². The van der Waals surface area contributed by atoms with E-state index in [9.17, 15) is 5.11 Å². The summed E-state index contributed by atoms with van der Waals surface area (Å²) in [5, 5.41) is 13.5. The van der Waals surface area contributed by atoms with Gasteiger partial charge < -0.3 is 0 Å². The van der Waals surface area contributed by atoms with Gasteiger partial charge in [0.05, 0.1) is 0 Å². The van der Waals surface area contributed by atoms with Crippen molar-refractivity contribution in [1.82, 2.24) is 5.32 Å². The molecule has 0 amide bonds. The minimum Gasteiger partial charge on any atom is -0.289 e. The molecule has 0 aromatic heterocycles. The average molecular weight is 144 g/mol. The Hall–Kier alpha value is -0.0800. The van der Waals surface area contributed by atoms with Gasteiger partial charge in [0.2, 0.25) is 0 Å². The molecule has 0 bridgehead atoms. The molecular weight excluding hydrogens is 126 g/mol. The Balaban J connectivity index is 3.46.